The van der Waals surface area contributed by atoms with Crippen LogP contribution in [0.1, 0.15) is 16.5 Å². The van der Waals surface area contributed by atoms with E-state index < -0.39 is 0 Å². The number of alkyl halides is 1. The number of carbonyl (C=O) groups is 1. The van der Waals surface area contributed by atoms with Crippen molar-refractivity contribution >= 4 is 55.1 Å². The predicted molar refractivity (Wildman–Crippen MR) is 90.1 cm³/mol. The monoisotopic (exact) mass is 429 g/mol. The number of fused-ring (bicyclic) bond motifs is 1. The third kappa shape index (κ3) is 3.25. The molecule has 1 N–H and O–H groups in total. The second-order valence-corrected chi connectivity index (χ2v) is 6.93. The first-order chi connectivity index (χ1) is 10.0. The number of hydrogen-bond acceptors (Lipinski definition) is 2. The number of anilines is 1. The van der Waals surface area contributed by atoms with Gasteiger partial charge in [0, 0.05) is 8.95 Å². The van der Waals surface area contributed by atoms with E-state index in [2.05, 4.69) is 37.2 Å². The van der Waals surface area contributed by atoms with E-state index in [1.807, 2.05) is 36.4 Å². The molecule has 2 aromatic carbocycles. The first-order valence-corrected chi connectivity index (χ1v) is 8.22. The first kappa shape index (κ1) is 14.9. The zero-order chi connectivity index (χ0) is 15.0. The van der Waals surface area contributed by atoms with Gasteiger partial charge in [0.15, 0.2) is 6.61 Å². The van der Waals surface area contributed by atoms with Gasteiger partial charge in [-0.2, -0.15) is 0 Å². The van der Waals surface area contributed by atoms with Crippen molar-refractivity contribution in [3.63, 3.8) is 0 Å². The highest BCUT2D eigenvalue weighted by Gasteiger charge is 2.19. The molecule has 3 rings (SSSR count). The third-order valence-electron chi connectivity index (χ3n) is 3.11. The fourth-order valence-electron chi connectivity index (χ4n) is 2.17. The molecule has 2 aromatic rings. The minimum atomic E-state index is -0.317. The Kier molecular flexibility index (Phi) is 4.24. The van der Waals surface area contributed by atoms with E-state index in [4.69, 9.17) is 16.3 Å². The normalized spacial score (nSPS) is 14.9. The molecule has 0 fully saturated rings. The zero-order valence-electron chi connectivity index (χ0n) is 10.7. The summed E-state index contributed by atoms with van der Waals surface area (Å²) >= 11 is 13.5. The largest absolute Gasteiger partial charge is 0.482 e. The Bertz CT molecular complexity index is 701. The van der Waals surface area contributed by atoms with Gasteiger partial charge in [0.1, 0.15) is 5.75 Å². The maximum Gasteiger partial charge on any atom is 0.262 e. The van der Waals surface area contributed by atoms with Gasteiger partial charge >= 0.3 is 0 Å². The molecule has 0 spiro atoms. The molecule has 1 atom stereocenters. The lowest BCUT2D eigenvalue weighted by Gasteiger charge is -2.20. The van der Waals surface area contributed by atoms with Crippen molar-refractivity contribution < 1.29 is 9.53 Å². The number of hydrogen-bond donors (Lipinski definition) is 1. The van der Waals surface area contributed by atoms with E-state index in [1.54, 1.807) is 0 Å². The highest BCUT2D eigenvalue weighted by atomic mass is 79.9. The van der Waals surface area contributed by atoms with Crippen LogP contribution in [0.15, 0.2) is 45.3 Å². The molecular formula is C15H10Br2ClNO2. The van der Waals surface area contributed by atoms with Crippen molar-refractivity contribution in [3.8, 4) is 5.75 Å². The van der Waals surface area contributed by atoms with E-state index in [1.165, 1.54) is 0 Å². The fraction of sp³-hybridized carbons (Fsp3) is 0.133. The van der Waals surface area contributed by atoms with E-state index in [0.29, 0.717) is 11.4 Å². The van der Waals surface area contributed by atoms with Crippen LogP contribution in [0.2, 0.25) is 0 Å². The van der Waals surface area contributed by atoms with Crippen LogP contribution < -0.4 is 10.1 Å². The Morgan fingerprint density at radius 3 is 2.52 bits per heavy atom. The fourth-order valence-corrected chi connectivity index (χ4v) is 3.76. The summed E-state index contributed by atoms with van der Waals surface area (Å²) in [6.07, 6.45) is 0. The maximum absolute atomic E-state index is 11.4. The van der Waals surface area contributed by atoms with Gasteiger partial charge < -0.3 is 10.1 Å². The van der Waals surface area contributed by atoms with Crippen LogP contribution in [0, 0.1) is 0 Å². The summed E-state index contributed by atoms with van der Waals surface area (Å²) < 4.78 is 7.25. The van der Waals surface area contributed by atoms with Crippen LogP contribution >= 0.6 is 43.5 Å². The van der Waals surface area contributed by atoms with E-state index >= 15 is 0 Å². The molecule has 0 saturated heterocycles. The van der Waals surface area contributed by atoms with E-state index in [9.17, 15) is 4.79 Å². The van der Waals surface area contributed by atoms with Crippen LogP contribution in [0.3, 0.4) is 0 Å². The lowest BCUT2D eigenvalue weighted by atomic mass is 10.0. The lowest BCUT2D eigenvalue weighted by molar-refractivity contribution is -0.118. The van der Waals surface area contributed by atoms with Gasteiger partial charge in [-0.3, -0.25) is 4.79 Å². The van der Waals surface area contributed by atoms with E-state index in [-0.39, 0.29) is 17.9 Å². The van der Waals surface area contributed by atoms with Gasteiger partial charge in [0.05, 0.1) is 11.1 Å². The number of nitrogens with one attached hydrogen (secondary N) is 1. The molecule has 0 radical (unpaired) electrons. The van der Waals surface area contributed by atoms with Crippen molar-refractivity contribution in [2.45, 2.75) is 5.38 Å². The number of amides is 1. The van der Waals surface area contributed by atoms with Gasteiger partial charge in [-0.15, -0.1) is 11.6 Å². The maximum atomic E-state index is 11.4. The molecule has 0 aliphatic carbocycles. The molecule has 6 heteroatoms. The summed E-state index contributed by atoms with van der Waals surface area (Å²) in [6, 6.07) is 11.5. The Morgan fingerprint density at radius 2 is 1.81 bits per heavy atom. The smallest absolute Gasteiger partial charge is 0.262 e. The molecule has 3 nitrogen and oxygen atoms in total. The third-order valence-corrected chi connectivity index (χ3v) is 4.53. The second kappa shape index (κ2) is 5.99. The molecule has 1 aliphatic rings. The van der Waals surface area contributed by atoms with Gasteiger partial charge in [-0.1, -0.05) is 37.9 Å². The Hall–Kier alpha value is -1.04. The lowest BCUT2D eigenvalue weighted by Crippen LogP contribution is -2.25. The SMILES string of the molecule is O=C1COc2ccc(C(Cl)c3cc(Br)cc(Br)c3)cc2N1. The molecule has 1 aliphatic heterocycles. The van der Waals surface area contributed by atoms with Gasteiger partial charge in [-0.25, -0.2) is 0 Å². The summed E-state index contributed by atoms with van der Waals surface area (Å²) in [6.45, 7) is 0.0508. The van der Waals surface area contributed by atoms with Crippen molar-refractivity contribution in [2.24, 2.45) is 0 Å². The van der Waals surface area contributed by atoms with Gasteiger partial charge in [-0.05, 0) is 41.5 Å². The summed E-state index contributed by atoms with van der Waals surface area (Å²) in [5.41, 5.74) is 2.51. The number of benzene rings is 2. The topological polar surface area (TPSA) is 38.3 Å². The van der Waals surface area contributed by atoms with Crippen LogP contribution in [0.4, 0.5) is 5.69 Å². The number of carbonyl (C=O) groups excluding carboxylic acids is 1. The molecule has 0 bridgehead atoms. The van der Waals surface area contributed by atoms with Crippen LogP contribution in [0.5, 0.6) is 5.75 Å². The Balaban J connectivity index is 1.96. The second-order valence-electron chi connectivity index (χ2n) is 4.66. The van der Waals surface area contributed by atoms with Crippen LogP contribution in [-0.4, -0.2) is 12.5 Å². The summed E-state index contributed by atoms with van der Waals surface area (Å²) in [5.74, 6) is 0.508. The van der Waals surface area contributed by atoms with Crippen molar-refractivity contribution in [3.05, 3.63) is 56.5 Å². The Labute approximate surface area is 143 Å². The summed E-state index contributed by atoms with van der Waals surface area (Å²) in [5, 5.41) is 2.47. The molecule has 1 heterocycles. The van der Waals surface area contributed by atoms with Gasteiger partial charge in [0.2, 0.25) is 0 Å². The molecule has 0 aromatic heterocycles. The van der Waals surface area contributed by atoms with Crippen molar-refractivity contribution in [1.29, 1.82) is 0 Å². The summed E-state index contributed by atoms with van der Waals surface area (Å²) in [7, 11) is 0. The Morgan fingerprint density at radius 1 is 1.10 bits per heavy atom. The first-order valence-electron chi connectivity index (χ1n) is 6.19. The van der Waals surface area contributed by atoms with Gasteiger partial charge in [0.25, 0.3) is 5.91 Å². The molecule has 108 valence electrons. The predicted octanol–water partition coefficient (Wildman–Crippen LogP) is 4.87. The molecule has 21 heavy (non-hydrogen) atoms. The average molecular weight is 432 g/mol. The molecule has 1 amide bonds. The summed E-state index contributed by atoms with van der Waals surface area (Å²) in [4.78, 5) is 11.4. The number of halogens is 3. The quantitative estimate of drug-likeness (QED) is 0.689. The molecular weight excluding hydrogens is 421 g/mol. The zero-order valence-corrected chi connectivity index (χ0v) is 14.6. The number of rotatable bonds is 2. The highest BCUT2D eigenvalue weighted by Crippen LogP contribution is 2.37. The van der Waals surface area contributed by atoms with Crippen LogP contribution in [-0.2, 0) is 4.79 Å². The van der Waals surface area contributed by atoms with Crippen molar-refractivity contribution in [1.82, 2.24) is 0 Å². The highest BCUT2D eigenvalue weighted by molar-refractivity contribution is 9.11. The van der Waals surface area contributed by atoms with Crippen LogP contribution in [0.25, 0.3) is 0 Å². The average Bonchev–Trinajstić information content (AvgIpc) is 2.44. The van der Waals surface area contributed by atoms with Crippen molar-refractivity contribution in [2.75, 3.05) is 11.9 Å². The molecule has 0 saturated carbocycles. The standard InChI is InChI=1S/C15H10Br2ClNO2/c16-10-3-9(4-11(17)6-10)15(18)8-1-2-13-12(5-8)19-14(20)7-21-13/h1-6,15H,7H2,(H,19,20). The minimum absolute atomic E-state index is 0.0508. The minimum Gasteiger partial charge on any atom is -0.482 e. The van der Waals surface area contributed by atoms with E-state index in [0.717, 1.165) is 20.1 Å². The molecule has 1 unspecified atom stereocenters. The number of ether oxygens (including phenoxy) is 1.